The van der Waals surface area contributed by atoms with Crippen molar-refractivity contribution in [2.45, 2.75) is 37.7 Å². The summed E-state index contributed by atoms with van der Waals surface area (Å²) in [5.41, 5.74) is 1.38. The lowest BCUT2D eigenvalue weighted by molar-refractivity contribution is -0.100. The molecule has 1 N–H and O–H groups in total. The fraction of sp³-hybridized carbons (Fsp3) is 0.692. The van der Waals surface area contributed by atoms with Crippen LogP contribution in [0, 0.1) is 0 Å². The van der Waals surface area contributed by atoms with Crippen LogP contribution in [0.4, 0.5) is 0 Å². The second kappa shape index (κ2) is 3.95. The molecule has 4 heteroatoms. The highest BCUT2D eigenvalue weighted by Gasteiger charge is 2.45. The number of hydrogen-bond donors (Lipinski definition) is 1. The molecule has 0 aliphatic carbocycles. The van der Waals surface area contributed by atoms with Crippen LogP contribution in [0.5, 0.6) is 0 Å². The summed E-state index contributed by atoms with van der Waals surface area (Å²) < 4.78 is 7.16. The Morgan fingerprint density at radius 3 is 2.76 bits per heavy atom. The van der Waals surface area contributed by atoms with E-state index in [-0.39, 0.29) is 11.0 Å². The average Bonchev–Trinajstić information content (AvgIpc) is 2.71. The fourth-order valence-corrected chi connectivity index (χ4v) is 4.31. The van der Waals surface area contributed by atoms with Crippen molar-refractivity contribution in [2.75, 3.05) is 19.7 Å². The van der Waals surface area contributed by atoms with Crippen LogP contribution in [0.1, 0.15) is 37.1 Å². The molecule has 1 aromatic heterocycles. The van der Waals surface area contributed by atoms with Gasteiger partial charge in [0.25, 0.3) is 0 Å². The quantitative estimate of drug-likeness (QED) is 0.782. The van der Waals surface area contributed by atoms with E-state index >= 15 is 0 Å². The van der Waals surface area contributed by atoms with Crippen LogP contribution in [0.25, 0.3) is 0 Å². The second-order valence-corrected chi connectivity index (χ2v) is 7.39. The number of thiophene rings is 1. The number of piperidine rings is 1. The van der Waals surface area contributed by atoms with Crippen molar-refractivity contribution < 1.29 is 4.74 Å². The minimum Gasteiger partial charge on any atom is -0.369 e. The number of rotatable bonds is 0. The molecule has 2 aliphatic rings. The zero-order valence-electron chi connectivity index (χ0n) is 10.3. The number of nitrogens with one attached hydrogen (secondary N) is 1. The Balaban J connectivity index is 2.10. The Morgan fingerprint density at radius 2 is 2.06 bits per heavy atom. The van der Waals surface area contributed by atoms with Crippen molar-refractivity contribution >= 4 is 22.9 Å². The van der Waals surface area contributed by atoms with Gasteiger partial charge >= 0.3 is 0 Å². The molecule has 0 saturated carbocycles. The van der Waals surface area contributed by atoms with Gasteiger partial charge in [-0.15, -0.1) is 11.3 Å². The van der Waals surface area contributed by atoms with Crippen LogP contribution in [-0.4, -0.2) is 19.7 Å². The zero-order chi connectivity index (χ0) is 12.1. The van der Waals surface area contributed by atoms with Gasteiger partial charge in [-0.1, -0.05) is 25.4 Å². The van der Waals surface area contributed by atoms with Crippen molar-refractivity contribution in [3.05, 3.63) is 20.8 Å². The van der Waals surface area contributed by atoms with Gasteiger partial charge in [-0.2, -0.15) is 0 Å². The molecule has 0 unspecified atom stereocenters. The maximum absolute atomic E-state index is 6.27. The first-order chi connectivity index (χ1) is 8.04. The number of ether oxygens (including phenoxy) is 1. The zero-order valence-corrected chi connectivity index (χ0v) is 11.9. The highest BCUT2D eigenvalue weighted by Crippen LogP contribution is 2.50. The van der Waals surface area contributed by atoms with E-state index in [9.17, 15) is 0 Å². The van der Waals surface area contributed by atoms with E-state index in [1.165, 1.54) is 10.4 Å². The molecule has 2 aliphatic heterocycles. The largest absolute Gasteiger partial charge is 0.369 e. The lowest BCUT2D eigenvalue weighted by atomic mass is 9.76. The van der Waals surface area contributed by atoms with E-state index in [1.54, 1.807) is 11.3 Å². The van der Waals surface area contributed by atoms with E-state index < -0.39 is 0 Å². The summed E-state index contributed by atoms with van der Waals surface area (Å²) in [5.74, 6) is 0. The lowest BCUT2D eigenvalue weighted by Gasteiger charge is -2.45. The van der Waals surface area contributed by atoms with Crippen LogP contribution < -0.4 is 5.32 Å². The maximum Gasteiger partial charge on any atom is 0.0967 e. The summed E-state index contributed by atoms with van der Waals surface area (Å²) in [6.45, 7) is 7.36. The second-order valence-electron chi connectivity index (χ2n) is 5.71. The van der Waals surface area contributed by atoms with Gasteiger partial charge in [0, 0.05) is 10.3 Å². The van der Waals surface area contributed by atoms with Crippen molar-refractivity contribution in [3.63, 3.8) is 0 Å². The third-order valence-electron chi connectivity index (χ3n) is 3.93. The standard InChI is InChI=1S/C13H18ClNOS/c1-12(2)8-16-13(3-5-15-6-4-13)9-7-10(14)17-11(9)12/h7,15H,3-6,8H2,1-2H3. The van der Waals surface area contributed by atoms with Gasteiger partial charge in [0.05, 0.1) is 16.5 Å². The molecule has 3 rings (SSSR count). The molecule has 2 nitrogen and oxygen atoms in total. The summed E-state index contributed by atoms with van der Waals surface area (Å²) >= 11 is 7.96. The highest BCUT2D eigenvalue weighted by atomic mass is 35.5. The number of fused-ring (bicyclic) bond motifs is 2. The molecule has 0 amide bonds. The maximum atomic E-state index is 6.27. The smallest absolute Gasteiger partial charge is 0.0967 e. The predicted octanol–water partition coefficient (Wildman–Crippen LogP) is 3.29. The van der Waals surface area contributed by atoms with Crippen LogP contribution in [0.2, 0.25) is 4.34 Å². The summed E-state index contributed by atoms with van der Waals surface area (Å²) in [6, 6.07) is 2.13. The van der Waals surface area contributed by atoms with Gasteiger partial charge in [-0.3, -0.25) is 0 Å². The third kappa shape index (κ3) is 1.84. The van der Waals surface area contributed by atoms with Crippen LogP contribution >= 0.6 is 22.9 Å². The van der Waals surface area contributed by atoms with Crippen LogP contribution in [-0.2, 0) is 15.8 Å². The molecule has 17 heavy (non-hydrogen) atoms. The Morgan fingerprint density at radius 1 is 1.35 bits per heavy atom. The summed E-state index contributed by atoms with van der Waals surface area (Å²) in [4.78, 5) is 1.43. The third-order valence-corrected chi connectivity index (χ3v) is 5.56. The van der Waals surface area contributed by atoms with Gasteiger partial charge in [0.1, 0.15) is 0 Å². The van der Waals surface area contributed by atoms with E-state index in [0.717, 1.165) is 36.9 Å². The SMILES string of the molecule is CC1(C)COC2(CCNCC2)c2cc(Cl)sc21. The molecular weight excluding hydrogens is 254 g/mol. The first-order valence-electron chi connectivity index (χ1n) is 6.19. The molecule has 94 valence electrons. The molecule has 3 heterocycles. The fourth-order valence-electron chi connectivity index (χ4n) is 2.91. The number of halogens is 1. The lowest BCUT2D eigenvalue weighted by Crippen LogP contribution is -2.48. The van der Waals surface area contributed by atoms with E-state index in [2.05, 4.69) is 25.2 Å². The average molecular weight is 272 g/mol. The summed E-state index contributed by atoms with van der Waals surface area (Å²) in [6.07, 6.45) is 2.12. The van der Waals surface area contributed by atoms with E-state index in [4.69, 9.17) is 16.3 Å². The predicted molar refractivity (Wildman–Crippen MR) is 72.1 cm³/mol. The first-order valence-corrected chi connectivity index (χ1v) is 7.38. The van der Waals surface area contributed by atoms with E-state index in [1.807, 2.05) is 0 Å². The molecule has 1 fully saturated rings. The van der Waals surface area contributed by atoms with Gasteiger partial charge in [-0.25, -0.2) is 0 Å². The minimum absolute atomic E-state index is 0.0697. The normalized spacial score (nSPS) is 25.8. The molecule has 1 saturated heterocycles. The molecule has 0 bridgehead atoms. The molecular formula is C13H18ClNOS. The number of hydrogen-bond acceptors (Lipinski definition) is 3. The van der Waals surface area contributed by atoms with Crippen molar-refractivity contribution in [1.29, 1.82) is 0 Å². The molecule has 0 aromatic carbocycles. The Hall–Kier alpha value is -0.0900. The Labute approximate surface area is 111 Å². The molecule has 0 radical (unpaired) electrons. The van der Waals surface area contributed by atoms with Crippen LogP contribution in [0.15, 0.2) is 6.07 Å². The topological polar surface area (TPSA) is 21.3 Å². The Bertz CT molecular complexity index is 435. The van der Waals surface area contributed by atoms with Gasteiger partial charge in [0.15, 0.2) is 0 Å². The minimum atomic E-state index is -0.0697. The van der Waals surface area contributed by atoms with Gasteiger partial charge < -0.3 is 10.1 Å². The van der Waals surface area contributed by atoms with E-state index in [0.29, 0.717) is 0 Å². The highest BCUT2D eigenvalue weighted by molar-refractivity contribution is 7.16. The summed E-state index contributed by atoms with van der Waals surface area (Å²) in [5, 5.41) is 3.41. The van der Waals surface area contributed by atoms with Crippen molar-refractivity contribution in [2.24, 2.45) is 0 Å². The van der Waals surface area contributed by atoms with Crippen molar-refractivity contribution in [1.82, 2.24) is 5.32 Å². The Kier molecular flexibility index (Phi) is 2.78. The summed E-state index contributed by atoms with van der Waals surface area (Å²) in [7, 11) is 0. The molecule has 0 atom stereocenters. The van der Waals surface area contributed by atoms with Gasteiger partial charge in [0.2, 0.25) is 0 Å². The monoisotopic (exact) mass is 271 g/mol. The van der Waals surface area contributed by atoms with Crippen LogP contribution in [0.3, 0.4) is 0 Å². The van der Waals surface area contributed by atoms with Gasteiger partial charge in [-0.05, 0) is 37.6 Å². The molecule has 1 spiro atoms. The molecule has 1 aromatic rings. The van der Waals surface area contributed by atoms with Crippen molar-refractivity contribution in [3.8, 4) is 0 Å². The first kappa shape index (κ1) is 12.0.